The average molecular weight is 210 g/mol. The Bertz CT molecular complexity index is 280. The van der Waals surface area contributed by atoms with E-state index in [2.05, 4.69) is 42.3 Å². The van der Waals surface area contributed by atoms with Crippen molar-refractivity contribution < 1.29 is 0 Å². The molecule has 0 aromatic carbocycles. The third-order valence-corrected chi connectivity index (χ3v) is 2.40. The van der Waals surface area contributed by atoms with Gasteiger partial charge >= 0.3 is 0 Å². The lowest BCUT2D eigenvalue weighted by atomic mass is 10.3. The maximum absolute atomic E-state index is 4.15. The summed E-state index contributed by atoms with van der Waals surface area (Å²) in [4.78, 5) is 2.30. The van der Waals surface area contributed by atoms with E-state index in [-0.39, 0.29) is 0 Å². The molecule has 15 heavy (non-hydrogen) atoms. The fraction of sp³-hybridized carbons (Fsp3) is 0.727. The zero-order valence-electron chi connectivity index (χ0n) is 10.2. The Morgan fingerprint density at radius 1 is 1.53 bits per heavy atom. The van der Waals surface area contributed by atoms with E-state index in [0.29, 0.717) is 6.04 Å². The van der Waals surface area contributed by atoms with Crippen molar-refractivity contribution >= 4 is 0 Å². The normalized spacial score (nSPS) is 11.6. The van der Waals surface area contributed by atoms with Crippen molar-refractivity contribution in [3.05, 3.63) is 18.0 Å². The van der Waals surface area contributed by atoms with Gasteiger partial charge in [-0.3, -0.25) is 9.58 Å². The molecule has 0 fully saturated rings. The number of rotatable bonds is 6. The maximum atomic E-state index is 4.15. The van der Waals surface area contributed by atoms with Crippen LogP contribution in [0, 0.1) is 0 Å². The summed E-state index contributed by atoms with van der Waals surface area (Å²) in [6, 6.07) is 2.63. The van der Waals surface area contributed by atoms with Crippen molar-refractivity contribution in [2.75, 3.05) is 20.1 Å². The maximum Gasteiger partial charge on any atom is 0.0520 e. The molecular formula is C11H22N4. The number of aromatic nitrogens is 2. The summed E-state index contributed by atoms with van der Waals surface area (Å²) < 4.78 is 1.92. The Kier molecular flexibility index (Phi) is 4.78. The molecule has 0 aliphatic carbocycles. The number of hydrogen-bond donors (Lipinski definition) is 1. The highest BCUT2D eigenvalue weighted by Gasteiger charge is 2.03. The fourth-order valence-corrected chi connectivity index (χ4v) is 1.46. The van der Waals surface area contributed by atoms with E-state index in [4.69, 9.17) is 0 Å². The molecule has 0 saturated carbocycles. The SMILES string of the molecule is CC(C)NCCN(C)Cc1ccnn1C. The van der Waals surface area contributed by atoms with E-state index in [1.54, 1.807) is 0 Å². The van der Waals surface area contributed by atoms with Gasteiger partial charge in [-0.2, -0.15) is 5.10 Å². The lowest BCUT2D eigenvalue weighted by Crippen LogP contribution is -2.32. The first-order chi connectivity index (χ1) is 7.09. The predicted octanol–water partition coefficient (Wildman–Crippen LogP) is 0.850. The third-order valence-electron chi connectivity index (χ3n) is 2.40. The number of nitrogens with zero attached hydrogens (tertiary/aromatic N) is 3. The Hall–Kier alpha value is -0.870. The molecule has 4 nitrogen and oxygen atoms in total. The molecule has 1 aromatic rings. The van der Waals surface area contributed by atoms with E-state index < -0.39 is 0 Å². The first kappa shape index (κ1) is 12.2. The van der Waals surface area contributed by atoms with Gasteiger partial charge in [0.25, 0.3) is 0 Å². The zero-order valence-corrected chi connectivity index (χ0v) is 10.2. The minimum Gasteiger partial charge on any atom is -0.313 e. The van der Waals surface area contributed by atoms with Gasteiger partial charge in [-0.1, -0.05) is 13.8 Å². The highest BCUT2D eigenvalue weighted by molar-refractivity contribution is 4.99. The number of likely N-dealkylation sites (N-methyl/N-ethyl adjacent to an activating group) is 1. The number of nitrogens with one attached hydrogen (secondary N) is 1. The van der Waals surface area contributed by atoms with Crippen molar-refractivity contribution in [2.24, 2.45) is 7.05 Å². The number of hydrogen-bond acceptors (Lipinski definition) is 3. The van der Waals surface area contributed by atoms with E-state index >= 15 is 0 Å². The first-order valence-corrected chi connectivity index (χ1v) is 5.48. The van der Waals surface area contributed by atoms with Crippen molar-refractivity contribution in [2.45, 2.75) is 26.4 Å². The molecule has 0 saturated heterocycles. The molecule has 0 aliphatic rings. The largest absolute Gasteiger partial charge is 0.313 e. The molecule has 0 bridgehead atoms. The predicted molar refractivity (Wildman–Crippen MR) is 62.7 cm³/mol. The molecule has 0 atom stereocenters. The zero-order chi connectivity index (χ0) is 11.3. The molecule has 1 aromatic heterocycles. The van der Waals surface area contributed by atoms with Crippen LogP contribution in [0.15, 0.2) is 12.3 Å². The van der Waals surface area contributed by atoms with Gasteiger partial charge < -0.3 is 5.32 Å². The van der Waals surface area contributed by atoms with Crippen molar-refractivity contribution in [1.82, 2.24) is 20.0 Å². The lowest BCUT2D eigenvalue weighted by molar-refractivity contribution is 0.311. The van der Waals surface area contributed by atoms with Crippen LogP contribution in [-0.4, -0.2) is 40.9 Å². The summed E-state index contributed by atoms with van der Waals surface area (Å²) >= 11 is 0. The van der Waals surface area contributed by atoms with Gasteiger partial charge in [0.1, 0.15) is 0 Å². The van der Waals surface area contributed by atoms with Crippen LogP contribution in [0.1, 0.15) is 19.5 Å². The summed E-state index contributed by atoms with van der Waals surface area (Å²) in [7, 11) is 4.12. The van der Waals surface area contributed by atoms with Crippen LogP contribution in [0.3, 0.4) is 0 Å². The van der Waals surface area contributed by atoms with E-state index in [1.165, 1.54) is 5.69 Å². The van der Waals surface area contributed by atoms with Crippen molar-refractivity contribution in [3.63, 3.8) is 0 Å². The Morgan fingerprint density at radius 2 is 2.27 bits per heavy atom. The fourth-order valence-electron chi connectivity index (χ4n) is 1.46. The molecule has 0 unspecified atom stereocenters. The van der Waals surface area contributed by atoms with Crippen LogP contribution in [0.25, 0.3) is 0 Å². The van der Waals surface area contributed by atoms with Crippen LogP contribution < -0.4 is 5.32 Å². The monoisotopic (exact) mass is 210 g/mol. The van der Waals surface area contributed by atoms with Gasteiger partial charge in [0.15, 0.2) is 0 Å². The molecule has 0 aliphatic heterocycles. The van der Waals surface area contributed by atoms with E-state index in [0.717, 1.165) is 19.6 Å². The smallest absolute Gasteiger partial charge is 0.0520 e. The molecule has 1 rings (SSSR count). The number of aryl methyl sites for hydroxylation is 1. The molecule has 4 heteroatoms. The standard InChI is InChI=1S/C11H22N4/c1-10(2)12-7-8-14(3)9-11-5-6-13-15(11)4/h5-6,10,12H,7-9H2,1-4H3. The molecular weight excluding hydrogens is 188 g/mol. The van der Waals surface area contributed by atoms with Crippen LogP contribution in [-0.2, 0) is 13.6 Å². The van der Waals surface area contributed by atoms with Crippen LogP contribution in [0.5, 0.6) is 0 Å². The Labute approximate surface area is 92.3 Å². The molecule has 0 spiro atoms. The van der Waals surface area contributed by atoms with Crippen LogP contribution >= 0.6 is 0 Å². The molecule has 0 radical (unpaired) electrons. The van der Waals surface area contributed by atoms with Gasteiger partial charge in [-0.25, -0.2) is 0 Å². The van der Waals surface area contributed by atoms with E-state index in [1.807, 2.05) is 17.9 Å². The van der Waals surface area contributed by atoms with Gasteiger partial charge in [-0.15, -0.1) is 0 Å². The topological polar surface area (TPSA) is 33.1 Å². The average Bonchev–Trinajstić information content (AvgIpc) is 2.51. The molecule has 1 heterocycles. The second-order valence-electron chi connectivity index (χ2n) is 4.29. The summed E-state index contributed by atoms with van der Waals surface area (Å²) in [5.41, 5.74) is 1.25. The van der Waals surface area contributed by atoms with E-state index in [9.17, 15) is 0 Å². The quantitative estimate of drug-likeness (QED) is 0.755. The second kappa shape index (κ2) is 5.88. The summed E-state index contributed by atoms with van der Waals surface area (Å²) in [6.45, 7) is 7.38. The Balaban J connectivity index is 2.24. The van der Waals surface area contributed by atoms with Gasteiger partial charge in [-0.05, 0) is 13.1 Å². The van der Waals surface area contributed by atoms with Crippen LogP contribution in [0.2, 0.25) is 0 Å². The summed E-state index contributed by atoms with van der Waals surface area (Å²) in [5, 5.41) is 7.56. The Morgan fingerprint density at radius 3 is 2.80 bits per heavy atom. The highest BCUT2D eigenvalue weighted by atomic mass is 15.3. The van der Waals surface area contributed by atoms with Crippen molar-refractivity contribution in [3.8, 4) is 0 Å². The second-order valence-corrected chi connectivity index (χ2v) is 4.29. The minimum absolute atomic E-state index is 0.565. The van der Waals surface area contributed by atoms with Gasteiger partial charge in [0, 0.05) is 38.9 Å². The van der Waals surface area contributed by atoms with Gasteiger partial charge in [0.2, 0.25) is 0 Å². The summed E-state index contributed by atoms with van der Waals surface area (Å²) in [6.07, 6.45) is 1.84. The highest BCUT2D eigenvalue weighted by Crippen LogP contribution is 2.00. The van der Waals surface area contributed by atoms with Crippen LogP contribution in [0.4, 0.5) is 0 Å². The summed E-state index contributed by atoms with van der Waals surface area (Å²) in [5.74, 6) is 0. The van der Waals surface area contributed by atoms with Gasteiger partial charge in [0.05, 0.1) is 5.69 Å². The van der Waals surface area contributed by atoms with Crippen molar-refractivity contribution in [1.29, 1.82) is 0 Å². The third kappa shape index (κ3) is 4.44. The molecule has 0 amide bonds. The minimum atomic E-state index is 0.565. The lowest BCUT2D eigenvalue weighted by Gasteiger charge is -2.17. The molecule has 1 N–H and O–H groups in total. The molecule has 86 valence electrons. The first-order valence-electron chi connectivity index (χ1n) is 5.48.